The Bertz CT molecular complexity index is 632. The van der Waals surface area contributed by atoms with Crippen LogP contribution in [0.3, 0.4) is 0 Å². The number of halogens is 1. The second kappa shape index (κ2) is 7.57. The second-order valence-electron chi connectivity index (χ2n) is 5.37. The van der Waals surface area contributed by atoms with Crippen molar-refractivity contribution in [2.24, 2.45) is 5.92 Å². The molecule has 0 unspecified atom stereocenters. The van der Waals surface area contributed by atoms with Crippen molar-refractivity contribution in [2.75, 3.05) is 12.4 Å². The van der Waals surface area contributed by atoms with Gasteiger partial charge in [0.25, 0.3) is 5.91 Å². The first-order chi connectivity index (χ1) is 10.4. The highest BCUT2D eigenvalue weighted by atomic mass is 79.9. The molecule has 5 nitrogen and oxygen atoms in total. The highest BCUT2D eigenvalue weighted by Crippen LogP contribution is 2.24. The maximum atomic E-state index is 12.1. The van der Waals surface area contributed by atoms with Gasteiger partial charge in [0.05, 0.1) is 5.75 Å². The van der Waals surface area contributed by atoms with Crippen molar-refractivity contribution in [1.29, 1.82) is 0 Å². The Morgan fingerprint density at radius 3 is 2.82 bits per heavy atom. The average molecular weight is 390 g/mol. The zero-order valence-electron chi connectivity index (χ0n) is 12.4. The fraction of sp³-hybridized carbons (Fsp3) is 0.533. The molecule has 7 heteroatoms. The molecule has 122 valence electrons. The van der Waals surface area contributed by atoms with E-state index in [1.165, 1.54) is 0 Å². The maximum absolute atomic E-state index is 12.1. The van der Waals surface area contributed by atoms with Crippen molar-refractivity contribution >= 4 is 31.9 Å². The van der Waals surface area contributed by atoms with E-state index in [4.69, 9.17) is 4.74 Å². The third kappa shape index (κ3) is 4.54. The number of aryl methyl sites for hydroxylation is 1. The van der Waals surface area contributed by atoms with E-state index < -0.39 is 22.0 Å². The van der Waals surface area contributed by atoms with E-state index >= 15 is 0 Å². The van der Waals surface area contributed by atoms with Gasteiger partial charge >= 0.3 is 0 Å². The van der Waals surface area contributed by atoms with E-state index in [1.807, 2.05) is 31.2 Å². The topological polar surface area (TPSA) is 72.5 Å². The van der Waals surface area contributed by atoms with Crippen LogP contribution in [0.15, 0.2) is 28.7 Å². The molecule has 22 heavy (non-hydrogen) atoms. The van der Waals surface area contributed by atoms with Crippen molar-refractivity contribution < 1.29 is 17.9 Å². The number of amides is 1. The molecule has 1 aliphatic rings. The zero-order chi connectivity index (χ0) is 16.2. The summed E-state index contributed by atoms with van der Waals surface area (Å²) in [5.41, 5.74) is 0.892. The van der Waals surface area contributed by atoms with Crippen LogP contribution < -0.4 is 4.72 Å². The van der Waals surface area contributed by atoms with Crippen LogP contribution in [-0.2, 0) is 26.0 Å². The van der Waals surface area contributed by atoms with Crippen LogP contribution in [0.4, 0.5) is 0 Å². The smallest absolute Gasteiger partial charge is 0.262 e. The summed E-state index contributed by atoms with van der Waals surface area (Å²) in [6, 6.07) is 7.43. The van der Waals surface area contributed by atoms with E-state index in [1.54, 1.807) is 0 Å². The van der Waals surface area contributed by atoms with Gasteiger partial charge in [0.15, 0.2) is 0 Å². The zero-order valence-corrected chi connectivity index (χ0v) is 14.8. The van der Waals surface area contributed by atoms with Crippen LogP contribution in [0, 0.1) is 5.92 Å². The van der Waals surface area contributed by atoms with Gasteiger partial charge in [-0.15, -0.1) is 0 Å². The maximum Gasteiger partial charge on any atom is 0.262 e. The van der Waals surface area contributed by atoms with E-state index in [2.05, 4.69) is 20.7 Å². The number of rotatable bonds is 6. The summed E-state index contributed by atoms with van der Waals surface area (Å²) >= 11 is 3.38. The van der Waals surface area contributed by atoms with Crippen molar-refractivity contribution in [2.45, 2.75) is 32.3 Å². The van der Waals surface area contributed by atoms with Gasteiger partial charge in [-0.25, -0.2) is 8.42 Å². The lowest BCUT2D eigenvalue weighted by molar-refractivity contribution is -0.129. The van der Waals surface area contributed by atoms with Crippen LogP contribution in [0.5, 0.6) is 0 Å². The summed E-state index contributed by atoms with van der Waals surface area (Å²) in [7, 11) is -3.67. The Balaban J connectivity index is 1.93. The summed E-state index contributed by atoms with van der Waals surface area (Å²) in [5.74, 6) is -0.583. The van der Waals surface area contributed by atoms with Gasteiger partial charge < -0.3 is 4.74 Å². The molecule has 1 aromatic carbocycles. The third-order valence-corrected chi connectivity index (χ3v) is 5.88. The largest absolute Gasteiger partial charge is 0.368 e. The van der Waals surface area contributed by atoms with Crippen LogP contribution in [0.25, 0.3) is 0 Å². The predicted octanol–water partition coefficient (Wildman–Crippen LogP) is 2.25. The summed E-state index contributed by atoms with van der Waals surface area (Å²) < 4.78 is 32.5. The Hall–Kier alpha value is -0.920. The first kappa shape index (κ1) is 17.4. The Kier molecular flexibility index (Phi) is 6.00. The molecule has 1 fully saturated rings. The molecule has 1 N–H and O–H groups in total. The SMILES string of the molecule is CC[C@@H]1CCO[C@@H]1C(=O)NS(=O)(=O)CCc1ccccc1Br. The Morgan fingerprint density at radius 2 is 2.14 bits per heavy atom. The van der Waals surface area contributed by atoms with Gasteiger partial charge in [0.1, 0.15) is 6.10 Å². The molecule has 0 radical (unpaired) electrons. The van der Waals surface area contributed by atoms with Crippen molar-refractivity contribution in [3.63, 3.8) is 0 Å². The summed E-state index contributed by atoms with van der Waals surface area (Å²) in [5, 5.41) is 0. The number of ether oxygens (including phenoxy) is 1. The lowest BCUT2D eigenvalue weighted by Crippen LogP contribution is -2.42. The van der Waals surface area contributed by atoms with Gasteiger partial charge in [-0.3, -0.25) is 9.52 Å². The fourth-order valence-corrected chi connectivity index (χ4v) is 4.05. The van der Waals surface area contributed by atoms with E-state index in [-0.39, 0.29) is 11.7 Å². The normalized spacial score (nSPS) is 21.7. The second-order valence-corrected chi connectivity index (χ2v) is 8.07. The van der Waals surface area contributed by atoms with Crippen molar-refractivity contribution in [3.05, 3.63) is 34.3 Å². The number of carbonyl (C=O) groups excluding carboxylic acids is 1. The molecule has 1 aliphatic heterocycles. The summed E-state index contributed by atoms with van der Waals surface area (Å²) in [4.78, 5) is 12.1. The van der Waals surface area contributed by atoms with E-state index in [0.29, 0.717) is 13.0 Å². The molecule has 1 aromatic rings. The first-order valence-corrected chi connectivity index (χ1v) is 9.77. The van der Waals surface area contributed by atoms with Crippen LogP contribution in [0.2, 0.25) is 0 Å². The molecule has 0 bridgehead atoms. The van der Waals surface area contributed by atoms with Crippen molar-refractivity contribution in [1.82, 2.24) is 4.72 Å². The number of nitrogens with one attached hydrogen (secondary N) is 1. The van der Waals surface area contributed by atoms with Crippen molar-refractivity contribution in [3.8, 4) is 0 Å². The fourth-order valence-electron chi connectivity index (χ4n) is 2.55. The average Bonchev–Trinajstić information content (AvgIpc) is 2.94. The molecule has 0 spiro atoms. The molecular formula is C15H20BrNO4S. The molecular weight excluding hydrogens is 370 g/mol. The van der Waals surface area contributed by atoms with Gasteiger partial charge in [0, 0.05) is 11.1 Å². The quantitative estimate of drug-likeness (QED) is 0.809. The minimum atomic E-state index is -3.67. The van der Waals surface area contributed by atoms with Gasteiger partial charge in [-0.1, -0.05) is 47.5 Å². The predicted molar refractivity (Wildman–Crippen MR) is 87.9 cm³/mol. The monoisotopic (exact) mass is 389 g/mol. The van der Waals surface area contributed by atoms with Gasteiger partial charge in [-0.05, 0) is 30.4 Å². The molecule has 0 saturated carbocycles. The number of sulfonamides is 1. The standard InChI is InChI=1S/C15H20BrNO4S/c1-2-11-7-9-21-14(11)15(18)17-22(19,20)10-8-12-5-3-4-6-13(12)16/h3-6,11,14H,2,7-10H2,1H3,(H,17,18)/t11-,14+/m1/s1. The third-order valence-electron chi connectivity index (χ3n) is 3.85. The Labute approximate surface area is 139 Å². The first-order valence-electron chi connectivity index (χ1n) is 7.32. The molecule has 1 amide bonds. The lowest BCUT2D eigenvalue weighted by Gasteiger charge is -2.16. The summed E-state index contributed by atoms with van der Waals surface area (Å²) in [6.07, 6.45) is 1.29. The van der Waals surface area contributed by atoms with Crippen LogP contribution in [-0.4, -0.2) is 32.8 Å². The highest BCUT2D eigenvalue weighted by Gasteiger charge is 2.34. The number of benzene rings is 1. The molecule has 2 rings (SSSR count). The van der Waals surface area contributed by atoms with E-state index in [0.717, 1.165) is 22.9 Å². The van der Waals surface area contributed by atoms with Gasteiger partial charge in [0.2, 0.25) is 10.0 Å². The van der Waals surface area contributed by atoms with E-state index in [9.17, 15) is 13.2 Å². The number of carbonyl (C=O) groups is 1. The molecule has 0 aliphatic carbocycles. The highest BCUT2D eigenvalue weighted by molar-refractivity contribution is 9.10. The van der Waals surface area contributed by atoms with Crippen LogP contribution in [0.1, 0.15) is 25.3 Å². The molecule has 1 saturated heterocycles. The molecule has 0 aromatic heterocycles. The van der Waals surface area contributed by atoms with Gasteiger partial charge in [-0.2, -0.15) is 0 Å². The molecule has 2 atom stereocenters. The minimum absolute atomic E-state index is 0.0958. The van der Waals surface area contributed by atoms with Crippen LogP contribution >= 0.6 is 15.9 Å². The lowest BCUT2D eigenvalue weighted by atomic mass is 9.98. The summed E-state index contributed by atoms with van der Waals surface area (Å²) in [6.45, 7) is 2.48. The number of hydrogen-bond donors (Lipinski definition) is 1. The molecule has 1 heterocycles. The Morgan fingerprint density at radius 1 is 1.41 bits per heavy atom. The minimum Gasteiger partial charge on any atom is -0.368 e. The number of hydrogen-bond acceptors (Lipinski definition) is 4.